The smallest absolute Gasteiger partial charge is 0.101 e. The second-order valence-corrected chi connectivity index (χ2v) is 4.48. The number of nitrogens with one attached hydrogen (secondary N) is 1. The molecule has 1 N–H and O–H groups in total. The van der Waals surface area contributed by atoms with Crippen molar-refractivity contribution in [2.75, 3.05) is 5.43 Å². The highest BCUT2D eigenvalue weighted by atomic mass is 15.4. The Bertz CT molecular complexity index is 751. The van der Waals surface area contributed by atoms with E-state index in [9.17, 15) is 0 Å². The van der Waals surface area contributed by atoms with Crippen LogP contribution in [0, 0.1) is 11.3 Å². The minimum atomic E-state index is 0.636. The average Bonchev–Trinajstić information content (AvgIpc) is 2.96. The fourth-order valence-corrected chi connectivity index (χ4v) is 2.08. The summed E-state index contributed by atoms with van der Waals surface area (Å²) in [5, 5.41) is 8.82. The number of nitriles is 1. The Kier molecular flexibility index (Phi) is 3.22. The normalized spacial score (nSPS) is 9.95. The summed E-state index contributed by atoms with van der Waals surface area (Å²) in [5.74, 6) is 0. The molecule has 0 aliphatic rings. The summed E-state index contributed by atoms with van der Waals surface area (Å²) in [6.07, 6.45) is 3.59. The third-order valence-corrected chi connectivity index (χ3v) is 3.05. The fourth-order valence-electron chi connectivity index (χ4n) is 2.08. The highest BCUT2D eigenvalue weighted by Gasteiger charge is 2.00. The van der Waals surface area contributed by atoms with E-state index in [1.54, 1.807) is 16.9 Å². The van der Waals surface area contributed by atoms with Gasteiger partial charge in [-0.25, -0.2) is 0 Å². The number of aromatic nitrogens is 1. The van der Waals surface area contributed by atoms with Gasteiger partial charge in [-0.05, 0) is 29.3 Å². The first kappa shape index (κ1) is 12.1. The summed E-state index contributed by atoms with van der Waals surface area (Å²) >= 11 is 0. The van der Waals surface area contributed by atoms with Crippen molar-refractivity contribution in [2.24, 2.45) is 0 Å². The lowest BCUT2D eigenvalue weighted by Gasteiger charge is -2.09. The van der Waals surface area contributed by atoms with Gasteiger partial charge in [-0.2, -0.15) is 5.26 Å². The maximum absolute atomic E-state index is 8.82. The molecule has 0 bridgehead atoms. The van der Waals surface area contributed by atoms with Gasteiger partial charge in [-0.15, -0.1) is 0 Å². The summed E-state index contributed by atoms with van der Waals surface area (Å²) in [6.45, 7) is 0. The Labute approximate surface area is 117 Å². The largest absolute Gasteiger partial charge is 0.295 e. The van der Waals surface area contributed by atoms with Crippen LogP contribution in [0.15, 0.2) is 73.1 Å². The second kappa shape index (κ2) is 5.33. The number of anilines is 1. The molecule has 3 aromatic rings. The molecule has 1 aromatic heterocycles. The van der Waals surface area contributed by atoms with E-state index < -0.39 is 0 Å². The Balaban J connectivity index is 1.86. The van der Waals surface area contributed by atoms with Crippen LogP contribution in [0.2, 0.25) is 0 Å². The molecule has 1 heterocycles. The summed E-state index contributed by atoms with van der Waals surface area (Å²) in [6, 6.07) is 22.3. The molecule has 20 heavy (non-hydrogen) atoms. The van der Waals surface area contributed by atoms with Crippen molar-refractivity contribution in [1.29, 1.82) is 5.26 Å². The Morgan fingerprint density at radius 2 is 1.70 bits per heavy atom. The minimum Gasteiger partial charge on any atom is -0.295 e. The molecular formula is C17H13N3. The van der Waals surface area contributed by atoms with E-state index in [1.807, 2.05) is 36.5 Å². The van der Waals surface area contributed by atoms with Gasteiger partial charge in [0.05, 0.1) is 11.3 Å². The van der Waals surface area contributed by atoms with E-state index in [-0.39, 0.29) is 0 Å². The van der Waals surface area contributed by atoms with Crippen molar-refractivity contribution in [3.8, 4) is 17.2 Å². The molecule has 0 fully saturated rings. The van der Waals surface area contributed by atoms with E-state index in [0.29, 0.717) is 5.56 Å². The van der Waals surface area contributed by atoms with Crippen LogP contribution in [0.4, 0.5) is 5.69 Å². The summed E-state index contributed by atoms with van der Waals surface area (Å²) in [7, 11) is 0. The lowest BCUT2D eigenvalue weighted by molar-refractivity contribution is 0.970. The van der Waals surface area contributed by atoms with Crippen LogP contribution in [-0.2, 0) is 0 Å². The molecule has 3 heteroatoms. The number of nitrogens with zero attached hydrogens (tertiary/aromatic N) is 2. The number of hydrogen-bond donors (Lipinski definition) is 1. The standard InChI is InChI=1S/C17H13N3/c18-12-14-9-10-20(13-14)19-17-8-4-7-16(11-17)15-5-2-1-3-6-15/h1-11,13,19H. The molecule has 2 aromatic carbocycles. The minimum absolute atomic E-state index is 0.636. The lowest BCUT2D eigenvalue weighted by Crippen LogP contribution is -2.05. The van der Waals surface area contributed by atoms with Gasteiger partial charge in [0.15, 0.2) is 0 Å². The predicted molar refractivity (Wildman–Crippen MR) is 80.0 cm³/mol. The second-order valence-electron chi connectivity index (χ2n) is 4.48. The van der Waals surface area contributed by atoms with Crippen molar-refractivity contribution < 1.29 is 0 Å². The van der Waals surface area contributed by atoms with Gasteiger partial charge in [-0.3, -0.25) is 10.1 Å². The van der Waals surface area contributed by atoms with Crippen molar-refractivity contribution in [1.82, 2.24) is 4.68 Å². The summed E-state index contributed by atoms with van der Waals surface area (Å²) in [4.78, 5) is 0. The number of benzene rings is 2. The lowest BCUT2D eigenvalue weighted by atomic mass is 10.1. The third kappa shape index (κ3) is 2.55. The van der Waals surface area contributed by atoms with E-state index in [1.165, 1.54) is 5.56 Å². The van der Waals surface area contributed by atoms with Crippen molar-refractivity contribution >= 4 is 5.69 Å². The predicted octanol–water partition coefficient (Wildman–Crippen LogP) is 3.90. The zero-order valence-corrected chi connectivity index (χ0v) is 10.8. The van der Waals surface area contributed by atoms with Gasteiger partial charge in [-0.1, -0.05) is 42.5 Å². The molecule has 0 unspecified atom stereocenters. The van der Waals surface area contributed by atoms with Gasteiger partial charge >= 0.3 is 0 Å². The van der Waals surface area contributed by atoms with E-state index in [2.05, 4.69) is 35.8 Å². The molecule has 0 saturated heterocycles. The molecule has 0 aliphatic heterocycles. The SMILES string of the molecule is N#Cc1ccn(Nc2cccc(-c3ccccc3)c2)c1. The molecule has 0 saturated carbocycles. The highest BCUT2D eigenvalue weighted by Crippen LogP contribution is 2.22. The maximum atomic E-state index is 8.82. The Hall–Kier alpha value is -2.99. The van der Waals surface area contributed by atoms with E-state index in [4.69, 9.17) is 5.26 Å². The summed E-state index contributed by atoms with van der Waals surface area (Å²) in [5.41, 5.74) is 7.19. The van der Waals surface area contributed by atoms with Crippen LogP contribution in [0.3, 0.4) is 0 Å². The topological polar surface area (TPSA) is 40.8 Å². The first-order valence-corrected chi connectivity index (χ1v) is 6.36. The molecule has 0 aliphatic carbocycles. The molecule has 0 amide bonds. The third-order valence-electron chi connectivity index (χ3n) is 3.05. The monoisotopic (exact) mass is 259 g/mol. The first-order chi connectivity index (χ1) is 9.85. The zero-order valence-electron chi connectivity index (χ0n) is 10.8. The van der Waals surface area contributed by atoms with Crippen LogP contribution in [0.25, 0.3) is 11.1 Å². The zero-order chi connectivity index (χ0) is 13.8. The Morgan fingerprint density at radius 3 is 2.45 bits per heavy atom. The molecule has 3 nitrogen and oxygen atoms in total. The van der Waals surface area contributed by atoms with Gasteiger partial charge in [0.1, 0.15) is 6.07 Å². The van der Waals surface area contributed by atoms with Crippen molar-refractivity contribution in [3.05, 3.63) is 78.6 Å². The van der Waals surface area contributed by atoms with Gasteiger partial charge in [0.25, 0.3) is 0 Å². The van der Waals surface area contributed by atoms with Gasteiger partial charge < -0.3 is 0 Å². The van der Waals surface area contributed by atoms with Crippen LogP contribution >= 0.6 is 0 Å². The van der Waals surface area contributed by atoms with Crippen molar-refractivity contribution in [3.63, 3.8) is 0 Å². The molecule has 0 radical (unpaired) electrons. The molecule has 0 spiro atoms. The van der Waals surface area contributed by atoms with Gasteiger partial charge in [0.2, 0.25) is 0 Å². The molecule has 96 valence electrons. The highest BCUT2D eigenvalue weighted by molar-refractivity contribution is 5.67. The van der Waals surface area contributed by atoms with E-state index >= 15 is 0 Å². The molecule has 3 rings (SSSR count). The Morgan fingerprint density at radius 1 is 0.900 bits per heavy atom. The maximum Gasteiger partial charge on any atom is 0.101 e. The van der Waals surface area contributed by atoms with Gasteiger partial charge in [0, 0.05) is 12.4 Å². The van der Waals surface area contributed by atoms with Crippen LogP contribution in [0.5, 0.6) is 0 Å². The van der Waals surface area contributed by atoms with Crippen LogP contribution < -0.4 is 5.43 Å². The fraction of sp³-hybridized carbons (Fsp3) is 0. The number of rotatable bonds is 3. The van der Waals surface area contributed by atoms with Crippen molar-refractivity contribution in [2.45, 2.75) is 0 Å². The van der Waals surface area contributed by atoms with Crippen LogP contribution in [0.1, 0.15) is 5.56 Å². The number of hydrogen-bond acceptors (Lipinski definition) is 2. The molecular weight excluding hydrogens is 246 g/mol. The average molecular weight is 259 g/mol. The van der Waals surface area contributed by atoms with Crippen LogP contribution in [-0.4, -0.2) is 4.68 Å². The molecule has 0 atom stereocenters. The quantitative estimate of drug-likeness (QED) is 0.775. The van der Waals surface area contributed by atoms with E-state index in [0.717, 1.165) is 11.3 Å². The summed E-state index contributed by atoms with van der Waals surface area (Å²) < 4.78 is 1.78. The first-order valence-electron chi connectivity index (χ1n) is 6.36.